The number of halogens is 2. The highest BCUT2D eigenvalue weighted by Gasteiger charge is 2.06. The summed E-state index contributed by atoms with van der Waals surface area (Å²) < 4.78 is 12.9. The molecular formula is C8H5ClFN. The van der Waals surface area contributed by atoms with E-state index < -0.39 is 5.82 Å². The highest BCUT2D eigenvalue weighted by Crippen LogP contribution is 2.18. The van der Waals surface area contributed by atoms with Crippen LogP contribution in [-0.4, -0.2) is 0 Å². The molecule has 0 N–H and O–H groups in total. The molecule has 0 fully saturated rings. The Labute approximate surface area is 69.2 Å². The normalized spacial score (nSPS) is 9.18. The number of hydrogen-bond acceptors (Lipinski definition) is 0. The molecule has 0 spiro atoms. The van der Waals surface area contributed by atoms with Crippen LogP contribution in [0.4, 0.5) is 4.39 Å². The molecular weight excluding hydrogens is 165 g/mol. The van der Waals surface area contributed by atoms with Gasteiger partial charge in [-0.15, -0.1) is 0 Å². The second-order valence-corrected chi connectivity index (χ2v) is 2.44. The first kappa shape index (κ1) is 8.03. The smallest absolute Gasteiger partial charge is 0.242 e. The van der Waals surface area contributed by atoms with E-state index in [1.807, 2.05) is 0 Å². The summed E-state index contributed by atoms with van der Waals surface area (Å²) in [5.41, 5.74) is 0.354. The molecule has 0 amide bonds. The first-order valence-electron chi connectivity index (χ1n) is 3.02. The van der Waals surface area contributed by atoms with Gasteiger partial charge in [0.2, 0.25) is 6.54 Å². The predicted molar refractivity (Wildman–Crippen MR) is 41.7 cm³/mol. The SMILES string of the molecule is [C-]#[N+]Cc1cccc(Cl)c1F. The third-order valence-electron chi connectivity index (χ3n) is 1.28. The van der Waals surface area contributed by atoms with Crippen LogP contribution in [0.25, 0.3) is 4.85 Å². The van der Waals surface area contributed by atoms with E-state index in [1.54, 1.807) is 12.1 Å². The molecule has 1 aromatic carbocycles. The molecule has 0 aromatic heterocycles. The maximum atomic E-state index is 12.9. The number of benzene rings is 1. The van der Waals surface area contributed by atoms with Gasteiger partial charge >= 0.3 is 0 Å². The number of rotatable bonds is 1. The zero-order valence-corrected chi connectivity index (χ0v) is 6.40. The lowest BCUT2D eigenvalue weighted by molar-refractivity contribution is 0.615. The summed E-state index contributed by atoms with van der Waals surface area (Å²) in [6.07, 6.45) is 0. The quantitative estimate of drug-likeness (QED) is 0.570. The van der Waals surface area contributed by atoms with E-state index in [0.29, 0.717) is 5.56 Å². The summed E-state index contributed by atoms with van der Waals surface area (Å²) in [7, 11) is 0. The molecule has 3 heteroatoms. The fourth-order valence-corrected chi connectivity index (χ4v) is 0.950. The highest BCUT2D eigenvalue weighted by atomic mass is 35.5. The summed E-state index contributed by atoms with van der Waals surface area (Å²) in [6, 6.07) is 4.65. The van der Waals surface area contributed by atoms with Gasteiger partial charge in [0.25, 0.3) is 0 Å². The molecule has 1 nitrogen and oxygen atoms in total. The summed E-state index contributed by atoms with van der Waals surface area (Å²) >= 11 is 5.47. The van der Waals surface area contributed by atoms with Crippen LogP contribution in [-0.2, 0) is 6.54 Å². The van der Waals surface area contributed by atoms with Gasteiger partial charge in [-0.25, -0.2) is 11.0 Å². The van der Waals surface area contributed by atoms with Gasteiger partial charge in [0.05, 0.1) is 10.6 Å². The van der Waals surface area contributed by atoms with E-state index in [-0.39, 0.29) is 11.6 Å². The lowest BCUT2D eigenvalue weighted by Gasteiger charge is -1.95. The first-order chi connectivity index (χ1) is 5.25. The van der Waals surface area contributed by atoms with Crippen LogP contribution in [0.5, 0.6) is 0 Å². The second kappa shape index (κ2) is 3.36. The molecule has 0 aliphatic heterocycles. The van der Waals surface area contributed by atoms with Crippen molar-refractivity contribution in [2.75, 3.05) is 0 Å². The van der Waals surface area contributed by atoms with Crippen molar-refractivity contribution in [3.8, 4) is 0 Å². The van der Waals surface area contributed by atoms with Crippen molar-refractivity contribution in [2.24, 2.45) is 0 Å². The van der Waals surface area contributed by atoms with Crippen molar-refractivity contribution in [2.45, 2.75) is 6.54 Å². The van der Waals surface area contributed by atoms with Gasteiger partial charge in [0.15, 0.2) is 5.82 Å². The Morgan fingerprint density at radius 3 is 2.91 bits per heavy atom. The number of nitrogens with zero attached hydrogens (tertiary/aromatic N) is 1. The number of hydrogen-bond donors (Lipinski definition) is 0. The van der Waals surface area contributed by atoms with Gasteiger partial charge in [0, 0.05) is 0 Å². The van der Waals surface area contributed by atoms with E-state index >= 15 is 0 Å². The molecule has 0 bridgehead atoms. The Bertz CT molecular complexity index is 303. The third kappa shape index (κ3) is 1.69. The molecule has 0 saturated carbocycles. The lowest BCUT2D eigenvalue weighted by atomic mass is 10.2. The molecule has 1 rings (SSSR count). The predicted octanol–water partition coefficient (Wildman–Crippen LogP) is 2.90. The van der Waals surface area contributed by atoms with Crippen LogP contribution in [0.15, 0.2) is 18.2 Å². The molecule has 0 radical (unpaired) electrons. The first-order valence-corrected chi connectivity index (χ1v) is 3.39. The Morgan fingerprint density at radius 1 is 1.55 bits per heavy atom. The Balaban J connectivity index is 3.08. The van der Waals surface area contributed by atoms with Gasteiger partial charge in [-0.05, 0) is 12.1 Å². The van der Waals surface area contributed by atoms with E-state index in [9.17, 15) is 4.39 Å². The fourth-order valence-electron chi connectivity index (χ4n) is 0.756. The van der Waals surface area contributed by atoms with Crippen LogP contribution < -0.4 is 0 Å². The maximum Gasteiger partial charge on any atom is 0.242 e. The summed E-state index contributed by atoms with van der Waals surface area (Å²) in [4.78, 5) is 3.06. The topological polar surface area (TPSA) is 4.36 Å². The molecule has 1 aromatic rings. The third-order valence-corrected chi connectivity index (χ3v) is 1.57. The lowest BCUT2D eigenvalue weighted by Crippen LogP contribution is -1.86. The molecule has 0 unspecified atom stereocenters. The Hall–Kier alpha value is -1.07. The average Bonchev–Trinajstić information content (AvgIpc) is 1.99. The Kier molecular flexibility index (Phi) is 2.45. The van der Waals surface area contributed by atoms with Crippen molar-refractivity contribution in [3.05, 3.63) is 46.0 Å². The van der Waals surface area contributed by atoms with Gasteiger partial charge in [0.1, 0.15) is 0 Å². The van der Waals surface area contributed by atoms with E-state index in [2.05, 4.69) is 4.85 Å². The van der Waals surface area contributed by atoms with Crippen molar-refractivity contribution in [3.63, 3.8) is 0 Å². The van der Waals surface area contributed by atoms with Crippen LogP contribution >= 0.6 is 11.6 Å². The van der Waals surface area contributed by atoms with Crippen LogP contribution in [0.2, 0.25) is 5.02 Å². The fraction of sp³-hybridized carbons (Fsp3) is 0.125. The van der Waals surface area contributed by atoms with Crippen molar-refractivity contribution >= 4 is 11.6 Å². The molecule has 0 heterocycles. The van der Waals surface area contributed by atoms with Crippen LogP contribution in [0.1, 0.15) is 5.56 Å². The van der Waals surface area contributed by atoms with E-state index in [4.69, 9.17) is 18.2 Å². The maximum absolute atomic E-state index is 12.9. The van der Waals surface area contributed by atoms with E-state index in [0.717, 1.165) is 0 Å². The van der Waals surface area contributed by atoms with Crippen LogP contribution in [0, 0.1) is 12.4 Å². The molecule has 11 heavy (non-hydrogen) atoms. The largest absolute Gasteiger partial charge is 0.312 e. The van der Waals surface area contributed by atoms with Gasteiger partial charge < -0.3 is 4.85 Å². The minimum atomic E-state index is -0.481. The molecule has 0 atom stereocenters. The second-order valence-electron chi connectivity index (χ2n) is 2.03. The minimum Gasteiger partial charge on any atom is -0.312 e. The highest BCUT2D eigenvalue weighted by molar-refractivity contribution is 6.30. The monoisotopic (exact) mass is 169 g/mol. The molecule has 0 saturated heterocycles. The summed E-state index contributed by atoms with van der Waals surface area (Å²) in [6.45, 7) is 6.57. The average molecular weight is 170 g/mol. The van der Waals surface area contributed by atoms with Gasteiger partial charge in [-0.3, -0.25) is 0 Å². The van der Waals surface area contributed by atoms with Crippen molar-refractivity contribution in [1.29, 1.82) is 0 Å². The van der Waals surface area contributed by atoms with Gasteiger partial charge in [-0.1, -0.05) is 17.7 Å². The Morgan fingerprint density at radius 2 is 2.27 bits per heavy atom. The minimum absolute atomic E-state index is 0.0480. The molecule has 0 aliphatic rings. The van der Waals surface area contributed by atoms with E-state index in [1.165, 1.54) is 6.07 Å². The zero-order chi connectivity index (χ0) is 8.27. The van der Waals surface area contributed by atoms with Crippen molar-refractivity contribution in [1.82, 2.24) is 0 Å². The standard InChI is InChI=1S/C8H5ClFN/c1-11-5-6-3-2-4-7(9)8(6)10/h2-4H,5H2. The van der Waals surface area contributed by atoms with Gasteiger partial charge in [-0.2, -0.15) is 0 Å². The van der Waals surface area contributed by atoms with Crippen LogP contribution in [0.3, 0.4) is 0 Å². The summed E-state index contributed by atoms with van der Waals surface area (Å²) in [5.74, 6) is -0.481. The molecule has 0 aliphatic carbocycles. The molecule has 56 valence electrons. The van der Waals surface area contributed by atoms with Crippen molar-refractivity contribution < 1.29 is 4.39 Å². The zero-order valence-electron chi connectivity index (χ0n) is 5.64. The summed E-state index contributed by atoms with van der Waals surface area (Å²) in [5, 5.41) is 0.0751.